The van der Waals surface area contributed by atoms with Crippen LogP contribution in [0.1, 0.15) is 20.3 Å². The molecule has 0 aliphatic carbocycles. The van der Waals surface area contributed by atoms with Crippen LogP contribution < -0.4 is 5.32 Å². The van der Waals surface area contributed by atoms with Gasteiger partial charge in [0.25, 0.3) is 0 Å². The normalized spacial score (nSPS) is 12.5. The van der Waals surface area contributed by atoms with Crippen molar-refractivity contribution in [2.75, 3.05) is 18.9 Å². The Morgan fingerprint density at radius 3 is 2.90 bits per heavy atom. The van der Waals surface area contributed by atoms with E-state index in [1.54, 1.807) is 11.8 Å². The van der Waals surface area contributed by atoms with E-state index in [4.69, 9.17) is 4.74 Å². The Bertz CT molecular complexity index is 549. The molecule has 1 heterocycles. The Hall–Kier alpha value is -1.46. The van der Waals surface area contributed by atoms with Gasteiger partial charge in [-0.25, -0.2) is 0 Å². The third-order valence-electron chi connectivity index (χ3n) is 3.19. The monoisotopic (exact) mass is 306 g/mol. The van der Waals surface area contributed by atoms with Crippen molar-refractivity contribution in [3.05, 3.63) is 30.3 Å². The number of para-hydroxylation sites is 1. The Morgan fingerprint density at radius 1 is 1.38 bits per heavy atom. The minimum absolute atomic E-state index is 0.156. The van der Waals surface area contributed by atoms with Gasteiger partial charge in [-0.05, 0) is 32.0 Å². The average Bonchev–Trinajstić information content (AvgIpc) is 2.89. The molecule has 114 valence electrons. The van der Waals surface area contributed by atoms with Crippen LogP contribution in [0.25, 0.3) is 10.9 Å². The molecule has 2 aromatic rings. The zero-order chi connectivity index (χ0) is 15.1. The molecule has 0 amide bonds. The van der Waals surface area contributed by atoms with Crippen molar-refractivity contribution in [2.45, 2.75) is 31.3 Å². The van der Waals surface area contributed by atoms with E-state index in [-0.39, 0.29) is 12.0 Å². The first-order valence-electron chi connectivity index (χ1n) is 7.35. The highest BCUT2D eigenvalue weighted by molar-refractivity contribution is 7.99. The summed E-state index contributed by atoms with van der Waals surface area (Å²) in [5.41, 5.74) is 1.15. The fourth-order valence-corrected chi connectivity index (χ4v) is 3.17. The maximum atomic E-state index is 11.8. The van der Waals surface area contributed by atoms with Crippen molar-refractivity contribution in [3.63, 3.8) is 0 Å². The first kappa shape index (κ1) is 15.9. The minimum Gasteiger partial charge on any atom is -0.465 e. The van der Waals surface area contributed by atoms with E-state index >= 15 is 0 Å². The maximum absolute atomic E-state index is 11.8. The summed E-state index contributed by atoms with van der Waals surface area (Å²) >= 11 is 1.73. The zero-order valence-corrected chi connectivity index (χ0v) is 13.3. The number of hydrogen-bond donors (Lipinski definition) is 2. The molecule has 0 bridgehead atoms. The fourth-order valence-electron chi connectivity index (χ4n) is 2.20. The van der Waals surface area contributed by atoms with Crippen LogP contribution in [0.15, 0.2) is 35.4 Å². The molecule has 4 nitrogen and oxygen atoms in total. The standard InChI is InChI=1S/C16H22N2O2S/c1-3-17-14(16(19)20-4-2)9-10-21-15-11-12-7-5-6-8-13(12)18-15/h5-8,11,14,17-18H,3-4,9-10H2,1-2H3. The molecule has 21 heavy (non-hydrogen) atoms. The lowest BCUT2D eigenvalue weighted by Gasteiger charge is -2.15. The van der Waals surface area contributed by atoms with Gasteiger partial charge in [0.05, 0.1) is 11.6 Å². The number of H-pyrrole nitrogens is 1. The van der Waals surface area contributed by atoms with Crippen LogP contribution in [0.5, 0.6) is 0 Å². The second-order valence-electron chi connectivity index (χ2n) is 4.72. The quantitative estimate of drug-likeness (QED) is 0.581. The number of carbonyl (C=O) groups is 1. The lowest BCUT2D eigenvalue weighted by atomic mass is 10.2. The third-order valence-corrected chi connectivity index (χ3v) is 4.16. The molecule has 0 radical (unpaired) electrons. The third kappa shape index (κ3) is 4.51. The van der Waals surface area contributed by atoms with E-state index < -0.39 is 0 Å². The van der Waals surface area contributed by atoms with Crippen molar-refractivity contribution in [3.8, 4) is 0 Å². The number of carbonyl (C=O) groups excluding carboxylic acids is 1. The molecule has 1 atom stereocenters. The second kappa shape index (κ2) is 8.10. The number of fused-ring (bicyclic) bond motifs is 1. The van der Waals surface area contributed by atoms with Gasteiger partial charge in [0.1, 0.15) is 6.04 Å². The van der Waals surface area contributed by atoms with E-state index in [1.165, 1.54) is 5.39 Å². The number of likely N-dealkylation sites (N-methyl/N-ethyl adjacent to an activating group) is 1. The van der Waals surface area contributed by atoms with Gasteiger partial charge in [0, 0.05) is 16.7 Å². The number of rotatable bonds is 8. The second-order valence-corrected chi connectivity index (χ2v) is 5.86. The Morgan fingerprint density at radius 2 is 2.19 bits per heavy atom. The summed E-state index contributed by atoms with van der Waals surface area (Å²) in [4.78, 5) is 15.2. The molecule has 0 aliphatic heterocycles. The average molecular weight is 306 g/mol. The SMILES string of the molecule is CCNC(CCSc1cc2ccccc2[nH]1)C(=O)OCC. The van der Waals surface area contributed by atoms with Gasteiger partial charge < -0.3 is 15.0 Å². The van der Waals surface area contributed by atoms with E-state index in [0.29, 0.717) is 6.61 Å². The molecule has 5 heteroatoms. The van der Waals surface area contributed by atoms with E-state index in [1.807, 2.05) is 26.0 Å². The smallest absolute Gasteiger partial charge is 0.323 e. The van der Waals surface area contributed by atoms with E-state index in [0.717, 1.165) is 29.3 Å². The molecule has 1 unspecified atom stereocenters. The number of aromatic nitrogens is 1. The minimum atomic E-state index is -0.216. The topological polar surface area (TPSA) is 54.1 Å². The first-order valence-corrected chi connectivity index (χ1v) is 8.33. The number of aromatic amines is 1. The van der Waals surface area contributed by atoms with Crippen LogP contribution in [0.2, 0.25) is 0 Å². The number of nitrogens with one attached hydrogen (secondary N) is 2. The largest absolute Gasteiger partial charge is 0.465 e. The van der Waals surface area contributed by atoms with Gasteiger partial charge in [-0.3, -0.25) is 4.79 Å². The summed E-state index contributed by atoms with van der Waals surface area (Å²) in [6, 6.07) is 10.1. The molecule has 0 saturated heterocycles. The van der Waals surface area contributed by atoms with E-state index in [9.17, 15) is 4.79 Å². The Balaban J connectivity index is 1.87. The molecule has 2 rings (SSSR count). The number of thioether (sulfide) groups is 1. The summed E-state index contributed by atoms with van der Waals surface area (Å²) in [6.45, 7) is 5.02. The lowest BCUT2D eigenvalue weighted by molar-refractivity contribution is -0.145. The molecule has 0 spiro atoms. The molecular formula is C16H22N2O2S. The Labute approximate surface area is 129 Å². The van der Waals surface area contributed by atoms with Crippen molar-refractivity contribution in [1.82, 2.24) is 10.3 Å². The van der Waals surface area contributed by atoms with Gasteiger partial charge in [0.2, 0.25) is 0 Å². The van der Waals surface area contributed by atoms with Crippen molar-refractivity contribution < 1.29 is 9.53 Å². The molecule has 0 fully saturated rings. The van der Waals surface area contributed by atoms with Crippen molar-refractivity contribution >= 4 is 28.6 Å². The highest BCUT2D eigenvalue weighted by Gasteiger charge is 2.18. The van der Waals surface area contributed by atoms with Crippen molar-refractivity contribution in [1.29, 1.82) is 0 Å². The van der Waals surface area contributed by atoms with Crippen LogP contribution in [-0.4, -0.2) is 35.9 Å². The lowest BCUT2D eigenvalue weighted by Crippen LogP contribution is -2.38. The van der Waals surface area contributed by atoms with Crippen LogP contribution >= 0.6 is 11.8 Å². The van der Waals surface area contributed by atoms with Crippen LogP contribution in [0.3, 0.4) is 0 Å². The zero-order valence-electron chi connectivity index (χ0n) is 12.5. The number of hydrogen-bond acceptors (Lipinski definition) is 4. The maximum Gasteiger partial charge on any atom is 0.323 e. The van der Waals surface area contributed by atoms with Gasteiger partial charge >= 0.3 is 5.97 Å². The molecular weight excluding hydrogens is 284 g/mol. The van der Waals surface area contributed by atoms with Gasteiger partial charge in [-0.2, -0.15) is 0 Å². The summed E-state index contributed by atoms with van der Waals surface area (Å²) in [5, 5.41) is 5.53. The molecule has 1 aromatic heterocycles. The predicted octanol–water partition coefficient (Wildman–Crippen LogP) is 3.19. The van der Waals surface area contributed by atoms with Gasteiger partial charge in [0.15, 0.2) is 0 Å². The molecule has 1 aromatic carbocycles. The predicted molar refractivity (Wildman–Crippen MR) is 87.7 cm³/mol. The summed E-state index contributed by atoms with van der Waals surface area (Å²) in [7, 11) is 0. The number of esters is 1. The Kier molecular flexibility index (Phi) is 6.14. The number of benzene rings is 1. The van der Waals surface area contributed by atoms with Crippen LogP contribution in [-0.2, 0) is 9.53 Å². The first-order chi connectivity index (χ1) is 10.2. The summed E-state index contributed by atoms with van der Waals surface area (Å²) in [5.74, 6) is 0.708. The van der Waals surface area contributed by atoms with Crippen LogP contribution in [0, 0.1) is 0 Å². The highest BCUT2D eigenvalue weighted by Crippen LogP contribution is 2.23. The van der Waals surface area contributed by atoms with E-state index in [2.05, 4.69) is 28.5 Å². The van der Waals surface area contributed by atoms with Gasteiger partial charge in [-0.15, -0.1) is 11.8 Å². The molecule has 2 N–H and O–H groups in total. The fraction of sp³-hybridized carbons (Fsp3) is 0.438. The molecule has 0 aliphatic rings. The molecule has 0 saturated carbocycles. The van der Waals surface area contributed by atoms with Crippen molar-refractivity contribution in [2.24, 2.45) is 0 Å². The highest BCUT2D eigenvalue weighted by atomic mass is 32.2. The number of ether oxygens (including phenoxy) is 1. The van der Waals surface area contributed by atoms with Crippen LogP contribution in [0.4, 0.5) is 0 Å². The summed E-state index contributed by atoms with van der Waals surface area (Å²) < 4.78 is 5.09. The summed E-state index contributed by atoms with van der Waals surface area (Å²) in [6.07, 6.45) is 0.757. The van der Waals surface area contributed by atoms with Gasteiger partial charge in [-0.1, -0.05) is 25.1 Å².